The quantitative estimate of drug-likeness (QED) is 0.643. The molecule has 0 radical (unpaired) electrons. The molecule has 0 bridgehead atoms. The number of carbonyl (C=O) groups is 1. The summed E-state index contributed by atoms with van der Waals surface area (Å²) in [5, 5.41) is 15.3. The van der Waals surface area contributed by atoms with E-state index in [-0.39, 0.29) is 11.6 Å². The van der Waals surface area contributed by atoms with Gasteiger partial charge in [-0.05, 0) is 31.5 Å². The average molecular weight is 312 g/mol. The fraction of sp³-hybridized carbons (Fsp3) is 0.286. The van der Waals surface area contributed by atoms with Crippen molar-refractivity contribution in [1.82, 2.24) is 5.32 Å². The van der Waals surface area contributed by atoms with Gasteiger partial charge >= 0.3 is 0 Å². The van der Waals surface area contributed by atoms with E-state index >= 15 is 0 Å². The standard InChI is InChI=1S/C14H15Cl2N3O/c1-3-9(2)18-8-10(7-17)14(20)19-11-4-5-12(15)13(16)6-11/h4-6,8-9,18H,3H2,1-2H3,(H,19,20)/b10-8-. The monoisotopic (exact) mass is 311 g/mol. The maximum atomic E-state index is 11.9. The van der Waals surface area contributed by atoms with Crippen molar-refractivity contribution in [2.45, 2.75) is 26.3 Å². The van der Waals surface area contributed by atoms with Gasteiger partial charge in [0.15, 0.2) is 0 Å². The largest absolute Gasteiger partial charge is 0.387 e. The van der Waals surface area contributed by atoms with Crippen molar-refractivity contribution in [3.63, 3.8) is 0 Å². The third-order valence-electron chi connectivity index (χ3n) is 2.67. The number of amides is 1. The molecule has 0 aliphatic rings. The molecule has 1 amide bonds. The third kappa shape index (κ3) is 4.76. The second-order valence-corrected chi connectivity index (χ2v) is 5.04. The van der Waals surface area contributed by atoms with Crippen molar-refractivity contribution in [2.75, 3.05) is 5.32 Å². The van der Waals surface area contributed by atoms with Crippen LogP contribution in [0.3, 0.4) is 0 Å². The Morgan fingerprint density at radius 2 is 2.15 bits per heavy atom. The second-order valence-electron chi connectivity index (χ2n) is 4.23. The molecule has 1 rings (SSSR count). The first-order valence-corrected chi connectivity index (χ1v) is 6.86. The Labute approximate surface area is 128 Å². The number of hydrogen-bond acceptors (Lipinski definition) is 3. The first kappa shape index (κ1) is 16.4. The minimum Gasteiger partial charge on any atom is -0.387 e. The Bertz CT molecular complexity index is 564. The SMILES string of the molecule is CCC(C)N/C=C(/C#N)C(=O)Nc1ccc(Cl)c(Cl)c1. The van der Waals surface area contributed by atoms with E-state index in [1.165, 1.54) is 12.3 Å². The summed E-state index contributed by atoms with van der Waals surface area (Å²) in [7, 11) is 0. The van der Waals surface area contributed by atoms with Gasteiger partial charge in [-0.25, -0.2) is 0 Å². The van der Waals surface area contributed by atoms with E-state index in [9.17, 15) is 4.79 Å². The topological polar surface area (TPSA) is 64.9 Å². The summed E-state index contributed by atoms with van der Waals surface area (Å²) < 4.78 is 0. The molecule has 1 aromatic rings. The summed E-state index contributed by atoms with van der Waals surface area (Å²) in [6.07, 6.45) is 2.31. The van der Waals surface area contributed by atoms with Crippen LogP contribution in [0.15, 0.2) is 30.0 Å². The zero-order valence-corrected chi connectivity index (χ0v) is 12.7. The molecule has 20 heavy (non-hydrogen) atoms. The molecule has 0 saturated heterocycles. The highest BCUT2D eigenvalue weighted by Gasteiger charge is 2.10. The van der Waals surface area contributed by atoms with E-state index in [0.717, 1.165) is 6.42 Å². The molecule has 1 aromatic carbocycles. The molecule has 106 valence electrons. The van der Waals surface area contributed by atoms with E-state index in [4.69, 9.17) is 28.5 Å². The number of rotatable bonds is 5. The molecular formula is C14H15Cl2N3O. The molecule has 0 fully saturated rings. The lowest BCUT2D eigenvalue weighted by Crippen LogP contribution is -2.22. The highest BCUT2D eigenvalue weighted by atomic mass is 35.5. The van der Waals surface area contributed by atoms with Crippen LogP contribution in [0.25, 0.3) is 0 Å². The number of nitrogens with one attached hydrogen (secondary N) is 2. The molecule has 0 aromatic heterocycles. The van der Waals surface area contributed by atoms with Gasteiger partial charge in [0.2, 0.25) is 0 Å². The molecule has 1 atom stereocenters. The van der Waals surface area contributed by atoms with Crippen LogP contribution in [0.2, 0.25) is 10.0 Å². The molecule has 6 heteroatoms. The normalized spacial score (nSPS) is 12.4. The maximum absolute atomic E-state index is 11.9. The van der Waals surface area contributed by atoms with Gasteiger partial charge in [0, 0.05) is 17.9 Å². The average Bonchev–Trinajstić information content (AvgIpc) is 2.43. The Morgan fingerprint density at radius 3 is 2.70 bits per heavy atom. The lowest BCUT2D eigenvalue weighted by atomic mass is 10.2. The van der Waals surface area contributed by atoms with Crippen LogP contribution in [-0.4, -0.2) is 11.9 Å². The fourth-order valence-corrected chi connectivity index (χ4v) is 1.56. The van der Waals surface area contributed by atoms with Gasteiger partial charge in [0.1, 0.15) is 11.6 Å². The summed E-state index contributed by atoms with van der Waals surface area (Å²) in [6, 6.07) is 6.76. The number of nitrogens with zero attached hydrogens (tertiary/aromatic N) is 1. The van der Waals surface area contributed by atoms with Crippen molar-refractivity contribution >= 4 is 34.8 Å². The van der Waals surface area contributed by atoms with Gasteiger partial charge in [-0.3, -0.25) is 4.79 Å². The molecule has 0 spiro atoms. The van der Waals surface area contributed by atoms with Crippen molar-refractivity contribution < 1.29 is 4.79 Å². The molecule has 2 N–H and O–H groups in total. The third-order valence-corrected chi connectivity index (χ3v) is 3.41. The van der Waals surface area contributed by atoms with E-state index in [0.29, 0.717) is 15.7 Å². The maximum Gasteiger partial charge on any atom is 0.267 e. The molecule has 4 nitrogen and oxygen atoms in total. The van der Waals surface area contributed by atoms with Gasteiger partial charge in [-0.2, -0.15) is 5.26 Å². The molecule has 1 unspecified atom stereocenters. The first-order valence-electron chi connectivity index (χ1n) is 6.10. The Morgan fingerprint density at radius 1 is 1.45 bits per heavy atom. The second kappa shape index (κ2) is 7.78. The number of nitriles is 1. The van der Waals surface area contributed by atoms with Gasteiger partial charge in [0.25, 0.3) is 5.91 Å². The van der Waals surface area contributed by atoms with Crippen LogP contribution >= 0.6 is 23.2 Å². The summed E-state index contributed by atoms with van der Waals surface area (Å²) >= 11 is 11.6. The van der Waals surface area contributed by atoms with Crippen LogP contribution in [0.1, 0.15) is 20.3 Å². The predicted molar refractivity (Wildman–Crippen MR) is 81.7 cm³/mol. The van der Waals surface area contributed by atoms with E-state index in [1.807, 2.05) is 19.9 Å². The lowest BCUT2D eigenvalue weighted by molar-refractivity contribution is -0.112. The van der Waals surface area contributed by atoms with Crippen molar-refractivity contribution in [2.24, 2.45) is 0 Å². The van der Waals surface area contributed by atoms with E-state index in [2.05, 4.69) is 10.6 Å². The molecule has 0 aliphatic carbocycles. The number of anilines is 1. The van der Waals surface area contributed by atoms with Crippen LogP contribution in [0, 0.1) is 11.3 Å². The van der Waals surface area contributed by atoms with Gasteiger partial charge in [0.05, 0.1) is 10.0 Å². The summed E-state index contributed by atoms with van der Waals surface area (Å²) in [5.74, 6) is -0.498. The molecule has 0 saturated carbocycles. The van der Waals surface area contributed by atoms with Crippen molar-refractivity contribution in [3.05, 3.63) is 40.0 Å². The number of carbonyl (C=O) groups excluding carboxylic acids is 1. The van der Waals surface area contributed by atoms with Crippen molar-refractivity contribution in [1.29, 1.82) is 5.26 Å². The fourth-order valence-electron chi connectivity index (χ4n) is 1.26. The molecular weight excluding hydrogens is 297 g/mol. The van der Waals surface area contributed by atoms with Crippen LogP contribution in [0.4, 0.5) is 5.69 Å². The van der Waals surface area contributed by atoms with Gasteiger partial charge in [-0.1, -0.05) is 30.1 Å². The molecule has 0 heterocycles. The smallest absolute Gasteiger partial charge is 0.267 e. The first-order chi connectivity index (χ1) is 9.47. The predicted octanol–water partition coefficient (Wildman–Crippen LogP) is 3.73. The van der Waals surface area contributed by atoms with Gasteiger partial charge in [-0.15, -0.1) is 0 Å². The minimum atomic E-state index is -0.498. The number of benzene rings is 1. The summed E-state index contributed by atoms with van der Waals surface area (Å²) in [4.78, 5) is 11.9. The number of halogens is 2. The summed E-state index contributed by atoms with van der Waals surface area (Å²) in [6.45, 7) is 3.97. The number of hydrogen-bond donors (Lipinski definition) is 2. The van der Waals surface area contributed by atoms with Crippen LogP contribution in [0.5, 0.6) is 0 Å². The highest BCUT2D eigenvalue weighted by Crippen LogP contribution is 2.25. The van der Waals surface area contributed by atoms with E-state index < -0.39 is 5.91 Å². The van der Waals surface area contributed by atoms with Crippen LogP contribution in [-0.2, 0) is 4.79 Å². The Kier molecular flexibility index (Phi) is 6.37. The van der Waals surface area contributed by atoms with Gasteiger partial charge < -0.3 is 10.6 Å². The van der Waals surface area contributed by atoms with E-state index in [1.54, 1.807) is 12.1 Å². The van der Waals surface area contributed by atoms with Crippen molar-refractivity contribution in [3.8, 4) is 6.07 Å². The molecule has 0 aliphatic heterocycles. The lowest BCUT2D eigenvalue weighted by Gasteiger charge is -2.09. The van der Waals surface area contributed by atoms with Crippen LogP contribution < -0.4 is 10.6 Å². The zero-order chi connectivity index (χ0) is 15.1. The minimum absolute atomic E-state index is 0.00336. The summed E-state index contributed by atoms with van der Waals surface area (Å²) in [5.41, 5.74) is 0.477. The zero-order valence-electron chi connectivity index (χ0n) is 11.2. The highest BCUT2D eigenvalue weighted by molar-refractivity contribution is 6.42. The Hall–Kier alpha value is -1.70. The Balaban J connectivity index is 2.77.